The van der Waals surface area contributed by atoms with Gasteiger partial charge in [0.25, 0.3) is 0 Å². The van der Waals surface area contributed by atoms with E-state index in [2.05, 4.69) is 15.3 Å². The van der Waals surface area contributed by atoms with Gasteiger partial charge in [0.15, 0.2) is 5.13 Å². The lowest BCUT2D eigenvalue weighted by atomic mass is 10.3. The second-order valence-corrected chi connectivity index (χ2v) is 7.80. The number of aromatic nitrogens is 2. The lowest BCUT2D eigenvalue weighted by Gasteiger charge is -2.17. The monoisotopic (exact) mass is 436 g/mol. The number of carbonyl (C=O) groups is 2. The van der Waals surface area contributed by atoms with E-state index in [4.69, 9.17) is 4.74 Å². The minimum atomic E-state index is -0.247. The molecule has 31 heavy (non-hydrogen) atoms. The van der Waals surface area contributed by atoms with Gasteiger partial charge in [0.1, 0.15) is 0 Å². The summed E-state index contributed by atoms with van der Waals surface area (Å²) in [6.45, 7) is 5.72. The van der Waals surface area contributed by atoms with Crippen LogP contribution in [0.25, 0.3) is 6.08 Å². The number of hydrogen-bond donors (Lipinski definition) is 1. The first-order chi connectivity index (χ1) is 14.9. The Balaban J connectivity index is 1.57. The Morgan fingerprint density at radius 2 is 1.97 bits per heavy atom. The molecule has 2 amide bonds. The van der Waals surface area contributed by atoms with Gasteiger partial charge in [-0.3, -0.25) is 14.5 Å². The molecule has 0 spiro atoms. The highest BCUT2D eigenvalue weighted by atomic mass is 32.1. The fourth-order valence-electron chi connectivity index (χ4n) is 2.70. The van der Waals surface area contributed by atoms with Crippen molar-refractivity contribution < 1.29 is 14.3 Å². The molecule has 0 aliphatic carbocycles. The molecule has 0 atom stereocenters. The second-order valence-electron chi connectivity index (χ2n) is 6.97. The van der Waals surface area contributed by atoms with Crippen LogP contribution in [0.1, 0.15) is 32.0 Å². The van der Waals surface area contributed by atoms with Crippen LogP contribution in [0.5, 0.6) is 5.88 Å². The number of hydrogen-bond acceptors (Lipinski definition) is 6. The number of rotatable bonds is 8. The highest BCUT2D eigenvalue weighted by molar-refractivity contribution is 7.14. The summed E-state index contributed by atoms with van der Waals surface area (Å²) in [6.07, 6.45) is 4.78. The van der Waals surface area contributed by atoms with Crippen molar-refractivity contribution >= 4 is 40.0 Å². The number of para-hydroxylation sites is 1. The first-order valence-electron chi connectivity index (χ1n) is 9.81. The number of thiazole rings is 1. The van der Waals surface area contributed by atoms with E-state index in [0.29, 0.717) is 23.3 Å². The van der Waals surface area contributed by atoms with Crippen LogP contribution < -0.4 is 15.0 Å². The fraction of sp³-hybridized carbons (Fsp3) is 0.217. The van der Waals surface area contributed by atoms with Gasteiger partial charge in [-0.25, -0.2) is 9.97 Å². The first-order valence-corrected chi connectivity index (χ1v) is 10.7. The lowest BCUT2D eigenvalue weighted by Crippen LogP contribution is -2.22. The molecule has 0 fully saturated rings. The standard InChI is InChI=1S/C23H24N4O3S/c1-16(2)30-22-12-9-18(14-25-22)13-24-21(29)11-10-19-15-31-23(26-19)27(17(3)28)20-7-5-4-6-8-20/h4-12,14-16H,13H2,1-3H3,(H,24,29)/b11-10+. The van der Waals surface area contributed by atoms with Gasteiger partial charge < -0.3 is 10.1 Å². The summed E-state index contributed by atoms with van der Waals surface area (Å²) in [5, 5.41) is 5.16. The zero-order valence-electron chi connectivity index (χ0n) is 17.6. The van der Waals surface area contributed by atoms with Crippen molar-refractivity contribution in [3.05, 3.63) is 71.4 Å². The summed E-state index contributed by atoms with van der Waals surface area (Å²) in [4.78, 5) is 34.5. The zero-order chi connectivity index (χ0) is 22.2. The van der Waals surface area contributed by atoms with Gasteiger partial charge in [-0.15, -0.1) is 11.3 Å². The van der Waals surface area contributed by atoms with E-state index >= 15 is 0 Å². The topological polar surface area (TPSA) is 84.4 Å². The third-order valence-corrected chi connectivity index (χ3v) is 4.90. The molecule has 3 rings (SSSR count). The molecule has 0 aliphatic rings. The number of amides is 2. The van der Waals surface area contributed by atoms with Crippen molar-refractivity contribution in [1.82, 2.24) is 15.3 Å². The van der Waals surface area contributed by atoms with Crippen LogP contribution in [-0.4, -0.2) is 27.9 Å². The number of carbonyl (C=O) groups excluding carboxylic acids is 2. The van der Waals surface area contributed by atoms with Gasteiger partial charge in [0.05, 0.1) is 17.5 Å². The van der Waals surface area contributed by atoms with Crippen LogP contribution in [0.15, 0.2) is 60.1 Å². The minimum Gasteiger partial charge on any atom is -0.475 e. The molecule has 0 radical (unpaired) electrons. The molecule has 0 bridgehead atoms. The number of ether oxygens (including phenoxy) is 1. The predicted octanol–water partition coefficient (Wildman–Crippen LogP) is 4.34. The summed E-state index contributed by atoms with van der Waals surface area (Å²) in [5.74, 6) is 0.176. The molecule has 2 heterocycles. The average Bonchev–Trinajstić information content (AvgIpc) is 3.20. The molecule has 0 aliphatic heterocycles. The van der Waals surface area contributed by atoms with Crippen LogP contribution in [0.4, 0.5) is 10.8 Å². The molecule has 0 saturated carbocycles. The van der Waals surface area contributed by atoms with Gasteiger partial charge in [0, 0.05) is 37.2 Å². The lowest BCUT2D eigenvalue weighted by molar-refractivity contribution is -0.117. The van der Waals surface area contributed by atoms with E-state index < -0.39 is 0 Å². The first kappa shape index (κ1) is 22.2. The van der Waals surface area contributed by atoms with E-state index in [0.717, 1.165) is 11.3 Å². The number of anilines is 2. The van der Waals surface area contributed by atoms with Crippen molar-refractivity contribution in [2.45, 2.75) is 33.4 Å². The van der Waals surface area contributed by atoms with Crippen LogP contribution in [0.2, 0.25) is 0 Å². The van der Waals surface area contributed by atoms with E-state index in [1.54, 1.807) is 28.6 Å². The van der Waals surface area contributed by atoms with Crippen molar-refractivity contribution in [3.8, 4) is 5.88 Å². The van der Waals surface area contributed by atoms with Crippen molar-refractivity contribution in [1.29, 1.82) is 0 Å². The summed E-state index contributed by atoms with van der Waals surface area (Å²) in [5.41, 5.74) is 2.22. The molecule has 1 aromatic carbocycles. The third kappa shape index (κ3) is 6.48. The number of pyridine rings is 1. The highest BCUT2D eigenvalue weighted by Gasteiger charge is 2.17. The molecule has 160 valence electrons. The maximum atomic E-state index is 12.1. The molecule has 7 nitrogen and oxygen atoms in total. The SMILES string of the molecule is CC(=O)N(c1ccccc1)c1nc(/C=C/C(=O)NCc2ccc(OC(C)C)nc2)cs1. The molecule has 1 N–H and O–H groups in total. The average molecular weight is 437 g/mol. The Morgan fingerprint density at radius 1 is 1.19 bits per heavy atom. The van der Waals surface area contributed by atoms with E-state index in [-0.39, 0.29) is 17.9 Å². The Labute approximate surface area is 185 Å². The Morgan fingerprint density at radius 3 is 2.61 bits per heavy atom. The molecule has 0 saturated heterocycles. The largest absolute Gasteiger partial charge is 0.475 e. The zero-order valence-corrected chi connectivity index (χ0v) is 18.4. The normalized spacial score (nSPS) is 11.0. The summed E-state index contributed by atoms with van der Waals surface area (Å²) >= 11 is 1.34. The Kier molecular flexibility index (Phi) is 7.50. The van der Waals surface area contributed by atoms with Gasteiger partial charge in [0.2, 0.25) is 17.7 Å². The van der Waals surface area contributed by atoms with Crippen molar-refractivity contribution in [2.75, 3.05) is 4.90 Å². The number of benzene rings is 1. The third-order valence-electron chi connectivity index (χ3n) is 4.06. The molecular formula is C23H24N4O3S. The smallest absolute Gasteiger partial charge is 0.244 e. The summed E-state index contributed by atoms with van der Waals surface area (Å²) in [6, 6.07) is 13.0. The quantitative estimate of drug-likeness (QED) is 0.531. The van der Waals surface area contributed by atoms with E-state index in [9.17, 15) is 9.59 Å². The van der Waals surface area contributed by atoms with Crippen LogP contribution in [0.3, 0.4) is 0 Å². The van der Waals surface area contributed by atoms with E-state index in [1.807, 2.05) is 50.2 Å². The van der Waals surface area contributed by atoms with Gasteiger partial charge >= 0.3 is 0 Å². The molecular weight excluding hydrogens is 412 g/mol. The Bertz CT molecular complexity index is 1050. The van der Waals surface area contributed by atoms with Gasteiger partial charge in [-0.05, 0) is 37.6 Å². The summed E-state index contributed by atoms with van der Waals surface area (Å²) in [7, 11) is 0. The maximum Gasteiger partial charge on any atom is 0.244 e. The van der Waals surface area contributed by atoms with Crippen LogP contribution >= 0.6 is 11.3 Å². The van der Waals surface area contributed by atoms with E-state index in [1.165, 1.54) is 24.3 Å². The second kappa shape index (κ2) is 10.5. The summed E-state index contributed by atoms with van der Waals surface area (Å²) < 4.78 is 5.50. The predicted molar refractivity (Wildman–Crippen MR) is 122 cm³/mol. The molecule has 0 unspecified atom stereocenters. The fourth-order valence-corrected chi connectivity index (χ4v) is 3.55. The number of nitrogens with zero attached hydrogens (tertiary/aromatic N) is 3. The highest BCUT2D eigenvalue weighted by Crippen LogP contribution is 2.28. The van der Waals surface area contributed by atoms with Crippen molar-refractivity contribution in [3.63, 3.8) is 0 Å². The van der Waals surface area contributed by atoms with Gasteiger partial charge in [-0.2, -0.15) is 0 Å². The molecule has 3 aromatic rings. The number of nitrogens with one attached hydrogen (secondary N) is 1. The molecule has 2 aromatic heterocycles. The minimum absolute atomic E-state index is 0.0599. The maximum absolute atomic E-state index is 12.1. The van der Waals surface area contributed by atoms with Gasteiger partial charge in [-0.1, -0.05) is 24.3 Å². The van der Waals surface area contributed by atoms with Crippen LogP contribution in [0, 0.1) is 0 Å². The van der Waals surface area contributed by atoms with Crippen LogP contribution in [-0.2, 0) is 16.1 Å². The molecule has 8 heteroatoms. The Hall–Kier alpha value is -3.52. The van der Waals surface area contributed by atoms with Crippen molar-refractivity contribution in [2.24, 2.45) is 0 Å².